The fourth-order valence-electron chi connectivity index (χ4n) is 3.43. The molecule has 1 aliphatic carbocycles. The molecule has 0 radical (unpaired) electrons. The van der Waals surface area contributed by atoms with Crippen LogP contribution < -0.4 is 15.8 Å². The van der Waals surface area contributed by atoms with Gasteiger partial charge in [-0.2, -0.15) is 0 Å². The Morgan fingerprint density at radius 3 is 2.88 bits per heavy atom. The number of nitrogens with one attached hydrogen (secondary N) is 1. The van der Waals surface area contributed by atoms with Crippen LogP contribution in [-0.2, 0) is 5.41 Å². The Kier molecular flexibility index (Phi) is 4.64. The van der Waals surface area contributed by atoms with Crippen molar-refractivity contribution < 1.29 is 9.53 Å². The summed E-state index contributed by atoms with van der Waals surface area (Å²) < 4.78 is 5.35. The molecule has 3 N–H and O–H groups in total. The highest BCUT2D eigenvalue weighted by molar-refractivity contribution is 5.97. The van der Waals surface area contributed by atoms with E-state index in [1.165, 1.54) is 18.1 Å². The first-order valence-corrected chi connectivity index (χ1v) is 8.13. The number of benzene rings is 1. The first kappa shape index (κ1) is 16.2. The van der Waals surface area contributed by atoms with Gasteiger partial charge in [-0.05, 0) is 30.5 Å². The van der Waals surface area contributed by atoms with E-state index in [2.05, 4.69) is 27.4 Å². The van der Waals surface area contributed by atoms with E-state index in [9.17, 15) is 4.79 Å². The average molecular weight is 326 g/mol. The van der Waals surface area contributed by atoms with Crippen molar-refractivity contribution in [2.45, 2.75) is 31.1 Å². The summed E-state index contributed by atoms with van der Waals surface area (Å²) in [4.78, 5) is 20.2. The second-order valence-corrected chi connectivity index (χ2v) is 6.22. The molecule has 0 bridgehead atoms. The van der Waals surface area contributed by atoms with E-state index in [0.717, 1.165) is 31.4 Å². The number of amides is 1. The minimum Gasteiger partial charge on any atom is -0.497 e. The Hall–Kier alpha value is -2.63. The van der Waals surface area contributed by atoms with Crippen molar-refractivity contribution in [1.29, 1.82) is 0 Å². The lowest BCUT2D eigenvalue weighted by Crippen LogP contribution is -2.39. The molecule has 0 unspecified atom stereocenters. The number of carbonyl (C=O) groups is 1. The van der Waals surface area contributed by atoms with Gasteiger partial charge in [-0.25, -0.2) is 9.97 Å². The van der Waals surface area contributed by atoms with Crippen molar-refractivity contribution in [2.24, 2.45) is 0 Å². The highest BCUT2D eigenvalue weighted by Crippen LogP contribution is 2.41. The van der Waals surface area contributed by atoms with Crippen LogP contribution in [-0.4, -0.2) is 29.5 Å². The summed E-state index contributed by atoms with van der Waals surface area (Å²) in [5.41, 5.74) is 7.22. The van der Waals surface area contributed by atoms with E-state index in [-0.39, 0.29) is 17.1 Å². The minimum absolute atomic E-state index is 0.0609. The standard InChI is InChI=1S/C18H22N4O2/c1-24-14-6-4-5-13(9-14)18(7-2-3-8-18)11-21-17(23)15-10-20-12-22-16(15)19/h4-6,9-10,12H,2-3,7-8,11H2,1H3,(H,21,23)(H2,19,20,22). The molecule has 1 aliphatic rings. The fraction of sp³-hybridized carbons (Fsp3) is 0.389. The SMILES string of the molecule is COc1cccc(C2(CNC(=O)c3cncnc3N)CCCC2)c1. The molecule has 24 heavy (non-hydrogen) atoms. The summed E-state index contributed by atoms with van der Waals surface area (Å²) in [5, 5.41) is 3.02. The molecule has 2 aromatic rings. The zero-order chi connectivity index (χ0) is 17.0. The Labute approximate surface area is 141 Å². The number of anilines is 1. The number of aromatic nitrogens is 2. The van der Waals surface area contributed by atoms with Gasteiger partial charge in [0.15, 0.2) is 0 Å². The smallest absolute Gasteiger partial charge is 0.256 e. The van der Waals surface area contributed by atoms with Crippen LogP contribution in [0.4, 0.5) is 5.82 Å². The molecule has 1 heterocycles. The average Bonchev–Trinajstić information content (AvgIpc) is 3.10. The van der Waals surface area contributed by atoms with Gasteiger partial charge in [0.2, 0.25) is 0 Å². The van der Waals surface area contributed by atoms with Gasteiger partial charge in [0.05, 0.1) is 12.7 Å². The summed E-state index contributed by atoms with van der Waals surface area (Å²) in [5.74, 6) is 0.803. The maximum Gasteiger partial charge on any atom is 0.256 e. The van der Waals surface area contributed by atoms with Gasteiger partial charge in [0.25, 0.3) is 5.91 Å². The van der Waals surface area contributed by atoms with Gasteiger partial charge < -0.3 is 15.8 Å². The van der Waals surface area contributed by atoms with Crippen molar-refractivity contribution in [3.05, 3.63) is 47.9 Å². The quantitative estimate of drug-likeness (QED) is 0.880. The third-order valence-corrected chi connectivity index (χ3v) is 4.82. The van der Waals surface area contributed by atoms with Crippen molar-refractivity contribution in [2.75, 3.05) is 19.4 Å². The molecular weight excluding hydrogens is 304 g/mol. The van der Waals surface area contributed by atoms with Gasteiger partial charge in [0, 0.05) is 18.2 Å². The van der Waals surface area contributed by atoms with Crippen LogP contribution in [0.2, 0.25) is 0 Å². The Balaban J connectivity index is 1.79. The number of nitrogen functional groups attached to an aromatic ring is 1. The topological polar surface area (TPSA) is 90.1 Å². The summed E-state index contributed by atoms with van der Waals surface area (Å²) in [6.45, 7) is 0.563. The molecule has 1 aromatic heterocycles. The number of nitrogens with two attached hydrogens (primary N) is 1. The lowest BCUT2D eigenvalue weighted by atomic mass is 9.78. The molecule has 126 valence electrons. The lowest BCUT2D eigenvalue weighted by molar-refractivity contribution is 0.0943. The van der Waals surface area contributed by atoms with Crippen LogP contribution >= 0.6 is 0 Å². The van der Waals surface area contributed by atoms with Crippen LogP contribution in [0.1, 0.15) is 41.6 Å². The molecule has 1 amide bonds. The lowest BCUT2D eigenvalue weighted by Gasteiger charge is -2.30. The van der Waals surface area contributed by atoms with Crippen molar-refractivity contribution in [1.82, 2.24) is 15.3 Å². The molecule has 6 heteroatoms. The van der Waals surface area contributed by atoms with Crippen LogP contribution in [0.5, 0.6) is 5.75 Å². The van der Waals surface area contributed by atoms with Gasteiger partial charge in [0.1, 0.15) is 17.9 Å². The third kappa shape index (κ3) is 3.18. The zero-order valence-electron chi connectivity index (χ0n) is 13.8. The van der Waals surface area contributed by atoms with Crippen molar-refractivity contribution in [3.8, 4) is 5.75 Å². The molecule has 0 aliphatic heterocycles. The molecule has 3 rings (SSSR count). The van der Waals surface area contributed by atoms with E-state index in [0.29, 0.717) is 12.1 Å². The Morgan fingerprint density at radius 2 is 2.17 bits per heavy atom. The van der Waals surface area contributed by atoms with E-state index in [1.54, 1.807) is 7.11 Å². The van der Waals surface area contributed by atoms with Crippen LogP contribution in [0, 0.1) is 0 Å². The Morgan fingerprint density at radius 1 is 1.38 bits per heavy atom. The number of carbonyl (C=O) groups excluding carboxylic acids is 1. The largest absolute Gasteiger partial charge is 0.497 e. The van der Waals surface area contributed by atoms with Gasteiger partial charge >= 0.3 is 0 Å². The number of methoxy groups -OCH3 is 1. The first-order valence-electron chi connectivity index (χ1n) is 8.13. The molecule has 1 fully saturated rings. The third-order valence-electron chi connectivity index (χ3n) is 4.82. The summed E-state index contributed by atoms with van der Waals surface area (Å²) in [6, 6.07) is 8.11. The second kappa shape index (κ2) is 6.86. The van der Waals surface area contributed by atoms with E-state index in [4.69, 9.17) is 10.5 Å². The predicted octanol–water partition coefficient (Wildman–Crippen LogP) is 2.31. The van der Waals surface area contributed by atoms with Gasteiger partial charge in [-0.1, -0.05) is 25.0 Å². The highest BCUT2D eigenvalue weighted by atomic mass is 16.5. The number of rotatable bonds is 5. The zero-order valence-corrected chi connectivity index (χ0v) is 13.8. The number of hydrogen-bond donors (Lipinski definition) is 2. The summed E-state index contributed by atoms with van der Waals surface area (Å²) >= 11 is 0. The fourth-order valence-corrected chi connectivity index (χ4v) is 3.43. The van der Waals surface area contributed by atoms with E-state index >= 15 is 0 Å². The number of nitrogens with zero attached hydrogens (tertiary/aromatic N) is 2. The maximum absolute atomic E-state index is 12.4. The van der Waals surface area contributed by atoms with Gasteiger partial charge in [-0.15, -0.1) is 0 Å². The van der Waals surface area contributed by atoms with Gasteiger partial charge in [-0.3, -0.25) is 4.79 Å². The van der Waals surface area contributed by atoms with E-state index in [1.807, 2.05) is 12.1 Å². The van der Waals surface area contributed by atoms with Crippen LogP contribution in [0.3, 0.4) is 0 Å². The molecule has 1 saturated carbocycles. The molecule has 0 saturated heterocycles. The molecule has 0 atom stereocenters. The summed E-state index contributed by atoms with van der Waals surface area (Å²) in [6.07, 6.45) is 7.18. The summed E-state index contributed by atoms with van der Waals surface area (Å²) in [7, 11) is 1.67. The molecule has 1 aromatic carbocycles. The number of hydrogen-bond acceptors (Lipinski definition) is 5. The normalized spacial score (nSPS) is 15.9. The monoisotopic (exact) mass is 326 g/mol. The Bertz CT molecular complexity index is 726. The highest BCUT2D eigenvalue weighted by Gasteiger charge is 2.36. The molecular formula is C18H22N4O2. The maximum atomic E-state index is 12.4. The van der Waals surface area contributed by atoms with Crippen LogP contribution in [0.25, 0.3) is 0 Å². The molecule has 6 nitrogen and oxygen atoms in total. The van der Waals surface area contributed by atoms with E-state index < -0.39 is 0 Å². The van der Waals surface area contributed by atoms with Crippen molar-refractivity contribution >= 4 is 11.7 Å². The minimum atomic E-state index is -0.234. The first-order chi connectivity index (χ1) is 11.6. The predicted molar refractivity (Wildman–Crippen MR) is 91.9 cm³/mol. The van der Waals surface area contributed by atoms with Crippen molar-refractivity contribution in [3.63, 3.8) is 0 Å². The number of ether oxygens (including phenoxy) is 1. The van der Waals surface area contributed by atoms with Crippen LogP contribution in [0.15, 0.2) is 36.8 Å². The second-order valence-electron chi connectivity index (χ2n) is 6.22. The molecule has 0 spiro atoms.